The van der Waals surface area contributed by atoms with Crippen LogP contribution in [0.1, 0.15) is 36.4 Å². The number of hydrogen-bond acceptors (Lipinski definition) is 3. The maximum Gasteiger partial charge on any atom is 0.0473 e. The summed E-state index contributed by atoms with van der Waals surface area (Å²) in [6.07, 6.45) is 3.35. The summed E-state index contributed by atoms with van der Waals surface area (Å²) in [6.45, 7) is 3.88. The van der Waals surface area contributed by atoms with Crippen molar-refractivity contribution >= 4 is 15.9 Å². The molecule has 1 aliphatic heterocycles. The first-order chi connectivity index (χ1) is 8.70. The van der Waals surface area contributed by atoms with Crippen molar-refractivity contribution in [3.05, 3.63) is 33.8 Å². The molecule has 0 spiro atoms. The monoisotopic (exact) mass is 312 g/mol. The summed E-state index contributed by atoms with van der Waals surface area (Å²) in [4.78, 5) is 0. The topological polar surface area (TPSA) is 47.3 Å². The molecule has 0 radical (unpaired) electrons. The minimum absolute atomic E-state index is 0.211. The minimum atomic E-state index is 0.211. The molecule has 0 amide bonds. The van der Waals surface area contributed by atoms with Gasteiger partial charge in [-0.05, 0) is 43.7 Å². The summed E-state index contributed by atoms with van der Waals surface area (Å²) in [7, 11) is 0. The van der Waals surface area contributed by atoms with Crippen LogP contribution >= 0.6 is 15.9 Å². The zero-order chi connectivity index (χ0) is 13.0. The third kappa shape index (κ3) is 3.54. The number of rotatable bonds is 4. The van der Waals surface area contributed by atoms with Crippen LogP contribution < -0.4 is 11.3 Å². The molecule has 0 bridgehead atoms. The SMILES string of the molecule is Cc1ccc(Br)c(C(CC2CCOCC2)NN)c1. The molecule has 1 heterocycles. The molecule has 1 fully saturated rings. The average molecular weight is 313 g/mol. The molecule has 3 N–H and O–H groups in total. The van der Waals surface area contributed by atoms with Gasteiger partial charge in [0.15, 0.2) is 0 Å². The van der Waals surface area contributed by atoms with E-state index in [-0.39, 0.29) is 6.04 Å². The number of aryl methyl sites for hydroxylation is 1. The molecule has 0 saturated carbocycles. The van der Waals surface area contributed by atoms with Gasteiger partial charge in [0.05, 0.1) is 0 Å². The Bertz CT molecular complexity index is 391. The lowest BCUT2D eigenvalue weighted by Gasteiger charge is -2.27. The van der Waals surface area contributed by atoms with Crippen molar-refractivity contribution in [3.8, 4) is 0 Å². The quantitative estimate of drug-likeness (QED) is 0.663. The lowest BCUT2D eigenvalue weighted by atomic mass is 9.89. The van der Waals surface area contributed by atoms with Gasteiger partial charge in [-0.25, -0.2) is 0 Å². The molecule has 1 atom stereocenters. The van der Waals surface area contributed by atoms with Gasteiger partial charge >= 0.3 is 0 Å². The summed E-state index contributed by atoms with van der Waals surface area (Å²) >= 11 is 3.62. The summed E-state index contributed by atoms with van der Waals surface area (Å²) in [5, 5.41) is 0. The van der Waals surface area contributed by atoms with Crippen molar-refractivity contribution in [1.82, 2.24) is 5.43 Å². The Morgan fingerprint density at radius 3 is 2.83 bits per heavy atom. The van der Waals surface area contributed by atoms with Gasteiger partial charge in [-0.2, -0.15) is 0 Å². The van der Waals surface area contributed by atoms with Crippen LogP contribution in [0.4, 0.5) is 0 Å². The van der Waals surface area contributed by atoms with Crippen LogP contribution in [0.2, 0.25) is 0 Å². The highest BCUT2D eigenvalue weighted by Gasteiger charge is 2.21. The van der Waals surface area contributed by atoms with Crippen LogP contribution in [-0.2, 0) is 4.74 Å². The van der Waals surface area contributed by atoms with Crippen LogP contribution in [0.3, 0.4) is 0 Å². The fourth-order valence-electron chi connectivity index (χ4n) is 2.53. The average Bonchev–Trinajstić information content (AvgIpc) is 2.40. The second kappa shape index (κ2) is 6.66. The number of benzene rings is 1. The Morgan fingerprint density at radius 1 is 1.44 bits per heavy atom. The van der Waals surface area contributed by atoms with E-state index in [0.717, 1.165) is 36.9 Å². The highest BCUT2D eigenvalue weighted by Crippen LogP contribution is 2.31. The molecule has 1 unspecified atom stereocenters. The van der Waals surface area contributed by atoms with Crippen molar-refractivity contribution in [2.24, 2.45) is 11.8 Å². The zero-order valence-electron chi connectivity index (χ0n) is 10.8. The standard InChI is InChI=1S/C14H21BrN2O/c1-10-2-3-13(15)12(8-10)14(17-16)9-11-4-6-18-7-5-11/h2-3,8,11,14,17H,4-7,9,16H2,1H3. The predicted octanol–water partition coefficient (Wildman–Crippen LogP) is 3.08. The molecule has 2 rings (SSSR count). The normalized spacial score (nSPS) is 18.8. The number of hydrazine groups is 1. The van der Waals surface area contributed by atoms with E-state index in [1.165, 1.54) is 11.1 Å². The van der Waals surface area contributed by atoms with Gasteiger partial charge in [0.1, 0.15) is 0 Å². The van der Waals surface area contributed by atoms with E-state index in [4.69, 9.17) is 10.6 Å². The first-order valence-electron chi connectivity index (χ1n) is 6.50. The number of nitrogens with one attached hydrogen (secondary N) is 1. The third-order valence-corrected chi connectivity index (χ3v) is 4.36. The van der Waals surface area contributed by atoms with Crippen LogP contribution in [-0.4, -0.2) is 13.2 Å². The zero-order valence-corrected chi connectivity index (χ0v) is 12.4. The highest BCUT2D eigenvalue weighted by atomic mass is 79.9. The molecule has 3 nitrogen and oxygen atoms in total. The summed E-state index contributed by atoms with van der Waals surface area (Å²) < 4.78 is 6.53. The lowest BCUT2D eigenvalue weighted by Crippen LogP contribution is -2.31. The van der Waals surface area contributed by atoms with Gasteiger partial charge in [0.25, 0.3) is 0 Å². The fourth-order valence-corrected chi connectivity index (χ4v) is 3.05. The van der Waals surface area contributed by atoms with Crippen molar-refractivity contribution in [3.63, 3.8) is 0 Å². The first-order valence-corrected chi connectivity index (χ1v) is 7.30. The van der Waals surface area contributed by atoms with Crippen molar-refractivity contribution in [1.29, 1.82) is 0 Å². The Balaban J connectivity index is 2.09. The molecular formula is C14H21BrN2O. The summed E-state index contributed by atoms with van der Waals surface area (Å²) in [6, 6.07) is 6.62. The van der Waals surface area contributed by atoms with Crippen LogP contribution in [0, 0.1) is 12.8 Å². The van der Waals surface area contributed by atoms with Crippen LogP contribution in [0.25, 0.3) is 0 Å². The van der Waals surface area contributed by atoms with Gasteiger partial charge in [-0.1, -0.05) is 33.6 Å². The van der Waals surface area contributed by atoms with E-state index in [0.29, 0.717) is 5.92 Å². The molecule has 0 aromatic heterocycles. The van der Waals surface area contributed by atoms with Crippen LogP contribution in [0.5, 0.6) is 0 Å². The van der Waals surface area contributed by atoms with Gasteiger partial charge < -0.3 is 4.74 Å². The maximum atomic E-state index is 5.74. The second-order valence-electron chi connectivity index (χ2n) is 5.04. The van der Waals surface area contributed by atoms with Crippen molar-refractivity contribution in [2.45, 2.75) is 32.2 Å². The van der Waals surface area contributed by atoms with E-state index in [1.54, 1.807) is 0 Å². The molecule has 1 aliphatic rings. The first kappa shape index (κ1) is 14.0. The molecule has 18 heavy (non-hydrogen) atoms. The third-order valence-electron chi connectivity index (χ3n) is 3.64. The molecule has 100 valence electrons. The Labute approximate surface area is 117 Å². The fraction of sp³-hybridized carbons (Fsp3) is 0.571. The lowest BCUT2D eigenvalue weighted by molar-refractivity contribution is 0.0605. The second-order valence-corrected chi connectivity index (χ2v) is 5.89. The largest absolute Gasteiger partial charge is 0.381 e. The van der Waals surface area contributed by atoms with Gasteiger partial charge in [0.2, 0.25) is 0 Å². The van der Waals surface area contributed by atoms with E-state index in [9.17, 15) is 0 Å². The van der Waals surface area contributed by atoms with E-state index in [1.807, 2.05) is 0 Å². The Hall–Kier alpha value is -0.420. The number of halogens is 1. The summed E-state index contributed by atoms with van der Waals surface area (Å²) in [5.41, 5.74) is 5.48. The van der Waals surface area contributed by atoms with E-state index in [2.05, 4.69) is 46.5 Å². The molecular weight excluding hydrogens is 292 g/mol. The number of nitrogens with two attached hydrogens (primary N) is 1. The highest BCUT2D eigenvalue weighted by molar-refractivity contribution is 9.10. The Kier molecular flexibility index (Phi) is 5.18. The molecule has 1 aromatic carbocycles. The molecule has 1 saturated heterocycles. The maximum absolute atomic E-state index is 5.74. The van der Waals surface area contributed by atoms with E-state index >= 15 is 0 Å². The van der Waals surface area contributed by atoms with Gasteiger partial charge in [-0.15, -0.1) is 0 Å². The molecule has 1 aromatic rings. The number of hydrogen-bond donors (Lipinski definition) is 2. The van der Waals surface area contributed by atoms with Gasteiger partial charge in [0, 0.05) is 23.7 Å². The van der Waals surface area contributed by atoms with Crippen LogP contribution in [0.15, 0.2) is 22.7 Å². The Morgan fingerprint density at radius 2 is 2.17 bits per heavy atom. The number of ether oxygens (including phenoxy) is 1. The van der Waals surface area contributed by atoms with Crippen molar-refractivity contribution < 1.29 is 4.74 Å². The minimum Gasteiger partial charge on any atom is -0.381 e. The molecule has 0 aliphatic carbocycles. The smallest absolute Gasteiger partial charge is 0.0473 e. The van der Waals surface area contributed by atoms with Crippen molar-refractivity contribution in [2.75, 3.05) is 13.2 Å². The predicted molar refractivity (Wildman–Crippen MR) is 77.1 cm³/mol. The molecule has 4 heteroatoms. The summed E-state index contributed by atoms with van der Waals surface area (Å²) in [5.74, 6) is 6.44. The van der Waals surface area contributed by atoms with Gasteiger partial charge in [-0.3, -0.25) is 11.3 Å². The van der Waals surface area contributed by atoms with E-state index < -0.39 is 0 Å².